The van der Waals surface area contributed by atoms with Gasteiger partial charge in [0.05, 0.1) is 24.8 Å². The number of esters is 1. The molecule has 1 aliphatic rings. The molecule has 0 aliphatic carbocycles. The van der Waals surface area contributed by atoms with Crippen molar-refractivity contribution in [3.05, 3.63) is 11.6 Å². The van der Waals surface area contributed by atoms with E-state index in [1.165, 1.54) is 6.33 Å². The average molecular weight is 557 g/mol. The molecule has 0 bridgehead atoms. The van der Waals surface area contributed by atoms with Crippen LogP contribution in [0.25, 0.3) is 11.2 Å². The van der Waals surface area contributed by atoms with Gasteiger partial charge in [-0.1, -0.05) is 26.7 Å². The normalized spacial score (nSPS) is 24.1. The molecule has 0 spiro atoms. The van der Waals surface area contributed by atoms with Crippen LogP contribution in [0.3, 0.4) is 0 Å². The van der Waals surface area contributed by atoms with Gasteiger partial charge in [-0.05, 0) is 37.8 Å². The molecule has 0 amide bonds. The van der Waals surface area contributed by atoms with Crippen molar-refractivity contribution in [2.75, 3.05) is 18.9 Å². The van der Waals surface area contributed by atoms with Gasteiger partial charge in [-0.15, -0.1) is 6.42 Å². The molecule has 0 radical (unpaired) electrons. The zero-order chi connectivity index (χ0) is 27.8. The molecule has 204 valence electrons. The Hall–Kier alpha value is -2.26. The first-order valence-electron chi connectivity index (χ1n) is 11.7. The molecule has 3 rings (SSSR count). The van der Waals surface area contributed by atoms with Crippen LogP contribution in [-0.4, -0.2) is 66.8 Å². The summed E-state index contributed by atoms with van der Waals surface area (Å²) in [4.78, 5) is 24.6. The molecular weight excluding hydrogens is 523 g/mol. The number of aliphatic hydroxyl groups is 1. The van der Waals surface area contributed by atoms with Gasteiger partial charge in [0, 0.05) is 6.42 Å². The van der Waals surface area contributed by atoms with Gasteiger partial charge in [-0.25, -0.2) is 4.98 Å². The Morgan fingerprint density at radius 2 is 2.14 bits per heavy atom. The monoisotopic (exact) mass is 556 g/mol. The van der Waals surface area contributed by atoms with Crippen LogP contribution < -0.4 is 11.1 Å². The first-order chi connectivity index (χ1) is 17.1. The third-order valence-electron chi connectivity index (χ3n) is 5.79. The van der Waals surface area contributed by atoms with E-state index in [0.29, 0.717) is 11.2 Å². The summed E-state index contributed by atoms with van der Waals surface area (Å²) < 4.78 is 31.7. The fraction of sp³-hybridized carbons (Fsp3) is 0.652. The number of nitrogen functional groups attached to an aromatic ring is 1. The summed E-state index contributed by atoms with van der Waals surface area (Å²) in [6, 6.07) is -0.732. The molecule has 5 atom stereocenters. The highest BCUT2D eigenvalue weighted by molar-refractivity contribution is 7.41. The Morgan fingerprint density at radius 3 is 2.76 bits per heavy atom. The number of nitrogens with zero attached hydrogens (tertiary/aromatic N) is 4. The number of halogens is 1. The summed E-state index contributed by atoms with van der Waals surface area (Å²) in [6.07, 6.45) is 5.35. The zero-order valence-electron chi connectivity index (χ0n) is 21.7. The molecule has 12 nitrogen and oxygen atoms in total. The fourth-order valence-electron chi connectivity index (χ4n) is 3.77. The molecule has 1 unspecified atom stereocenters. The topological polar surface area (TPSA) is 164 Å². The minimum absolute atomic E-state index is 0.0679. The molecule has 2 aromatic rings. The molecule has 1 aliphatic heterocycles. The predicted molar refractivity (Wildman–Crippen MR) is 139 cm³/mol. The van der Waals surface area contributed by atoms with Crippen molar-refractivity contribution < 1.29 is 28.5 Å². The quantitative estimate of drug-likeness (QED) is 0.180. The molecule has 1 saturated heterocycles. The lowest BCUT2D eigenvalue weighted by Crippen LogP contribution is -2.48. The molecule has 14 heteroatoms. The Kier molecular flexibility index (Phi) is 8.59. The zero-order valence-corrected chi connectivity index (χ0v) is 23.5. The number of rotatable bonds is 9. The highest BCUT2D eigenvalue weighted by Crippen LogP contribution is 2.43. The minimum atomic E-state index is -2.84. The number of fused-ring (bicyclic) bond motifs is 1. The van der Waals surface area contributed by atoms with Crippen LogP contribution in [0, 0.1) is 17.8 Å². The molecule has 0 saturated carbocycles. The van der Waals surface area contributed by atoms with E-state index in [4.69, 9.17) is 37.8 Å². The fourth-order valence-corrected chi connectivity index (χ4v) is 4.98. The van der Waals surface area contributed by atoms with Crippen molar-refractivity contribution in [3.63, 3.8) is 0 Å². The smallest absolute Gasteiger partial charge is 0.322 e. The Morgan fingerprint density at radius 1 is 1.46 bits per heavy atom. The number of carbonyl (C=O) groups is 1. The Balaban J connectivity index is 1.67. The maximum atomic E-state index is 13.1. The van der Waals surface area contributed by atoms with Crippen molar-refractivity contribution in [2.24, 2.45) is 5.41 Å². The van der Waals surface area contributed by atoms with Gasteiger partial charge in [-0.2, -0.15) is 9.97 Å². The molecule has 37 heavy (non-hydrogen) atoms. The summed E-state index contributed by atoms with van der Waals surface area (Å²) in [6.45, 7) is 10.7. The van der Waals surface area contributed by atoms with Crippen LogP contribution in [0.15, 0.2) is 6.33 Å². The number of hydrogen-bond donors (Lipinski definition) is 3. The summed E-state index contributed by atoms with van der Waals surface area (Å²) in [7, 11) is -2.84. The van der Waals surface area contributed by atoms with Crippen LogP contribution in [0.2, 0.25) is 5.28 Å². The number of ether oxygens (including phenoxy) is 2. The predicted octanol–water partition coefficient (Wildman–Crippen LogP) is 2.51. The number of imidazole rings is 1. The molecule has 2 aromatic heterocycles. The van der Waals surface area contributed by atoms with E-state index in [2.05, 4.69) is 26.2 Å². The number of nitrogens with two attached hydrogens (primary N) is 1. The van der Waals surface area contributed by atoms with Gasteiger partial charge in [0.1, 0.15) is 23.9 Å². The van der Waals surface area contributed by atoms with Crippen LogP contribution in [0.4, 0.5) is 5.82 Å². The van der Waals surface area contributed by atoms with Gasteiger partial charge < -0.3 is 24.8 Å². The first-order valence-corrected chi connectivity index (χ1v) is 13.4. The van der Waals surface area contributed by atoms with E-state index in [0.717, 1.165) is 0 Å². The summed E-state index contributed by atoms with van der Waals surface area (Å²) in [5, 5.41) is 12.7. The SMILES string of the molecule is C#C[C@]1(CO[PH](=O)C(C)(C)N[C@@H](C)C(=O)OCC(C)(C)C)O[C@@H](n2cnc3c(N)nc(Cl)nc32)C[C@@H]1O. The van der Waals surface area contributed by atoms with Gasteiger partial charge in [0.15, 0.2) is 17.1 Å². The Labute approximate surface area is 221 Å². The van der Waals surface area contributed by atoms with Crippen molar-refractivity contribution in [1.29, 1.82) is 0 Å². The number of aliphatic hydroxyl groups excluding tert-OH is 1. The lowest BCUT2D eigenvalue weighted by Gasteiger charge is -2.31. The summed E-state index contributed by atoms with van der Waals surface area (Å²) >= 11 is 5.94. The minimum Gasteiger partial charge on any atom is -0.464 e. The first kappa shape index (κ1) is 29.3. The number of aromatic nitrogens is 4. The number of carbonyl (C=O) groups excluding carboxylic acids is 1. The lowest BCUT2D eigenvalue weighted by molar-refractivity contribution is -0.148. The molecular formula is C23H34ClN6O6P. The summed E-state index contributed by atoms with van der Waals surface area (Å²) in [5.74, 6) is 2.09. The second-order valence-corrected chi connectivity index (χ2v) is 13.2. The molecule has 3 heterocycles. The van der Waals surface area contributed by atoms with Crippen molar-refractivity contribution >= 4 is 42.6 Å². The van der Waals surface area contributed by atoms with E-state index < -0.39 is 43.3 Å². The third kappa shape index (κ3) is 6.60. The van der Waals surface area contributed by atoms with Crippen LogP contribution >= 0.6 is 19.6 Å². The highest BCUT2D eigenvalue weighted by Gasteiger charge is 2.49. The van der Waals surface area contributed by atoms with Gasteiger partial charge in [-0.3, -0.25) is 19.2 Å². The number of terminal acetylenes is 1. The molecule has 4 N–H and O–H groups in total. The van der Waals surface area contributed by atoms with Crippen molar-refractivity contribution in [1.82, 2.24) is 24.8 Å². The van der Waals surface area contributed by atoms with Gasteiger partial charge in [0.25, 0.3) is 0 Å². The maximum absolute atomic E-state index is 13.1. The molecule has 0 aromatic carbocycles. The van der Waals surface area contributed by atoms with Crippen LogP contribution in [0.5, 0.6) is 0 Å². The van der Waals surface area contributed by atoms with Gasteiger partial charge >= 0.3 is 5.97 Å². The van der Waals surface area contributed by atoms with Crippen molar-refractivity contribution in [2.45, 2.75) is 77.2 Å². The Bertz CT molecular complexity index is 1220. The lowest BCUT2D eigenvalue weighted by atomic mass is 9.99. The number of hydrogen-bond acceptors (Lipinski definition) is 11. The van der Waals surface area contributed by atoms with E-state index in [9.17, 15) is 14.5 Å². The largest absolute Gasteiger partial charge is 0.464 e. The third-order valence-corrected chi connectivity index (χ3v) is 7.53. The maximum Gasteiger partial charge on any atom is 0.322 e. The standard InChI is InChI=1S/C23H34ClN6O6P/c1-8-23(11-35-37(33)22(6,7)29-13(2)19(32)34-10-21(3,4)5)14(31)9-15(36-23)30-12-26-16-17(25)27-20(24)28-18(16)30/h1,12-15,29,31,37H,9-11H2,2-7H3,(H2,25,27,28)/t13-,14-,15+,23+/m0/s1. The van der Waals surface area contributed by atoms with E-state index in [-0.39, 0.29) is 36.2 Å². The van der Waals surface area contributed by atoms with Crippen LogP contribution in [-0.2, 0) is 23.4 Å². The average Bonchev–Trinajstić information content (AvgIpc) is 3.36. The van der Waals surface area contributed by atoms with Crippen LogP contribution in [0.1, 0.15) is 54.2 Å². The highest BCUT2D eigenvalue weighted by atomic mass is 35.5. The van der Waals surface area contributed by atoms with E-state index >= 15 is 0 Å². The van der Waals surface area contributed by atoms with E-state index in [1.807, 2.05) is 20.8 Å². The number of nitrogens with one attached hydrogen (secondary N) is 1. The van der Waals surface area contributed by atoms with E-state index in [1.54, 1.807) is 25.3 Å². The van der Waals surface area contributed by atoms with Crippen molar-refractivity contribution in [3.8, 4) is 12.3 Å². The second-order valence-electron chi connectivity index (χ2n) is 10.8. The summed E-state index contributed by atoms with van der Waals surface area (Å²) in [5.41, 5.74) is 4.74. The second kappa shape index (κ2) is 10.8. The van der Waals surface area contributed by atoms with Gasteiger partial charge in [0.2, 0.25) is 13.3 Å². The number of anilines is 1. The molecule has 1 fully saturated rings.